The summed E-state index contributed by atoms with van der Waals surface area (Å²) in [6.45, 7) is 1.96. The van der Waals surface area contributed by atoms with E-state index in [2.05, 4.69) is 32.6 Å². The van der Waals surface area contributed by atoms with Crippen molar-refractivity contribution in [2.24, 2.45) is 0 Å². The molecule has 6 nitrogen and oxygen atoms in total. The van der Waals surface area contributed by atoms with E-state index < -0.39 is 0 Å². The molecule has 2 heterocycles. The topological polar surface area (TPSA) is 82.8 Å². The zero-order valence-electron chi connectivity index (χ0n) is 16.6. The molecule has 0 atom stereocenters. The van der Waals surface area contributed by atoms with Crippen LogP contribution in [0.15, 0.2) is 67.0 Å². The van der Waals surface area contributed by atoms with E-state index in [1.165, 1.54) is 0 Å². The van der Waals surface area contributed by atoms with Gasteiger partial charge in [0.15, 0.2) is 0 Å². The van der Waals surface area contributed by atoms with Gasteiger partial charge in [0.2, 0.25) is 0 Å². The average Bonchev–Trinajstić information content (AvgIpc) is 3.42. The molecule has 0 saturated heterocycles. The molecule has 0 saturated carbocycles. The van der Waals surface area contributed by atoms with Gasteiger partial charge in [0.25, 0.3) is 5.91 Å². The van der Waals surface area contributed by atoms with Crippen molar-refractivity contribution in [2.75, 3.05) is 12.4 Å². The maximum Gasteiger partial charge on any atom is 0.259 e. The Bertz CT molecular complexity index is 1400. The summed E-state index contributed by atoms with van der Waals surface area (Å²) in [6, 6.07) is 17.7. The molecule has 5 rings (SSSR count). The normalized spacial score (nSPS) is 11.1. The second-order valence-electron chi connectivity index (χ2n) is 7.26. The van der Waals surface area contributed by atoms with E-state index >= 15 is 0 Å². The van der Waals surface area contributed by atoms with Gasteiger partial charge in [-0.05, 0) is 60.0 Å². The molecule has 3 aromatic carbocycles. The lowest BCUT2D eigenvalue weighted by molar-refractivity contribution is 0.102. The van der Waals surface area contributed by atoms with Crippen LogP contribution in [0.5, 0.6) is 5.75 Å². The molecule has 2 aromatic heterocycles. The Labute approximate surface area is 172 Å². The van der Waals surface area contributed by atoms with Gasteiger partial charge >= 0.3 is 0 Å². The van der Waals surface area contributed by atoms with Gasteiger partial charge < -0.3 is 15.0 Å². The number of aromatic amines is 2. The van der Waals surface area contributed by atoms with Crippen molar-refractivity contribution in [1.82, 2.24) is 15.2 Å². The number of aromatic nitrogens is 3. The first-order chi connectivity index (χ1) is 14.6. The van der Waals surface area contributed by atoms with E-state index in [-0.39, 0.29) is 5.91 Å². The highest BCUT2D eigenvalue weighted by Gasteiger charge is 2.16. The largest absolute Gasteiger partial charge is 0.496 e. The number of ether oxygens (including phenoxy) is 1. The van der Waals surface area contributed by atoms with Crippen LogP contribution in [0.2, 0.25) is 0 Å². The van der Waals surface area contributed by atoms with E-state index in [1.807, 2.05) is 49.5 Å². The number of nitrogens with zero attached hydrogens (tertiary/aromatic N) is 1. The summed E-state index contributed by atoms with van der Waals surface area (Å²) >= 11 is 0. The number of anilines is 1. The summed E-state index contributed by atoms with van der Waals surface area (Å²) in [5.41, 5.74) is 6.19. The van der Waals surface area contributed by atoms with Crippen LogP contribution in [0, 0.1) is 6.92 Å². The molecule has 0 fully saturated rings. The van der Waals surface area contributed by atoms with Crippen molar-refractivity contribution in [3.63, 3.8) is 0 Å². The standard InChI is InChI=1S/C24H20N4O2/c1-14-6-7-18(23(10-14)30-2)24(29)27-21-11-15(12-22-19(21)13-26-28-22)16-4-3-5-20-17(16)8-9-25-20/h3-13,25H,1-2H3,(H,26,28)(H,27,29). The molecule has 0 radical (unpaired) electrons. The molecule has 6 heteroatoms. The molecule has 148 valence electrons. The fraction of sp³-hybridized carbons (Fsp3) is 0.0833. The Morgan fingerprint density at radius 2 is 1.93 bits per heavy atom. The summed E-state index contributed by atoms with van der Waals surface area (Å²) in [7, 11) is 1.57. The fourth-order valence-corrected chi connectivity index (χ4v) is 3.82. The maximum atomic E-state index is 13.1. The molecule has 0 aliphatic rings. The van der Waals surface area contributed by atoms with Gasteiger partial charge in [-0.25, -0.2) is 0 Å². The van der Waals surface area contributed by atoms with Crippen LogP contribution in [0.1, 0.15) is 15.9 Å². The minimum absolute atomic E-state index is 0.230. The van der Waals surface area contributed by atoms with Gasteiger partial charge in [0.05, 0.1) is 30.1 Å². The number of rotatable bonds is 4. The molecule has 5 aromatic rings. The van der Waals surface area contributed by atoms with Crippen molar-refractivity contribution >= 4 is 33.4 Å². The number of fused-ring (bicyclic) bond motifs is 2. The SMILES string of the molecule is COc1cc(C)ccc1C(=O)Nc1cc(-c2cccc3[nH]ccc23)cc2[nH]ncc12. The van der Waals surface area contributed by atoms with Gasteiger partial charge in [-0.1, -0.05) is 18.2 Å². The minimum Gasteiger partial charge on any atom is -0.496 e. The molecule has 30 heavy (non-hydrogen) atoms. The third kappa shape index (κ3) is 2.99. The number of amides is 1. The maximum absolute atomic E-state index is 13.1. The monoisotopic (exact) mass is 396 g/mol. The molecule has 0 bridgehead atoms. The number of H-pyrrole nitrogens is 2. The third-order valence-electron chi connectivity index (χ3n) is 5.31. The second-order valence-corrected chi connectivity index (χ2v) is 7.26. The minimum atomic E-state index is -0.230. The zero-order valence-corrected chi connectivity index (χ0v) is 16.6. The number of carbonyl (C=O) groups excluding carboxylic acids is 1. The highest BCUT2D eigenvalue weighted by atomic mass is 16.5. The predicted molar refractivity (Wildman–Crippen MR) is 119 cm³/mol. The summed E-state index contributed by atoms with van der Waals surface area (Å²) in [5.74, 6) is 0.315. The van der Waals surface area contributed by atoms with Crippen molar-refractivity contribution in [3.8, 4) is 16.9 Å². The number of benzene rings is 3. The van der Waals surface area contributed by atoms with Crippen LogP contribution < -0.4 is 10.1 Å². The Morgan fingerprint density at radius 1 is 1.03 bits per heavy atom. The number of aryl methyl sites for hydroxylation is 1. The Kier molecular flexibility index (Phi) is 4.25. The number of hydrogen-bond acceptors (Lipinski definition) is 3. The Balaban J connectivity index is 1.61. The first-order valence-corrected chi connectivity index (χ1v) is 9.63. The van der Waals surface area contributed by atoms with E-state index in [4.69, 9.17) is 4.74 Å². The number of nitrogens with one attached hydrogen (secondary N) is 3. The average molecular weight is 396 g/mol. The number of methoxy groups -OCH3 is 1. The van der Waals surface area contributed by atoms with Crippen molar-refractivity contribution < 1.29 is 9.53 Å². The lowest BCUT2D eigenvalue weighted by atomic mass is 9.99. The highest BCUT2D eigenvalue weighted by Crippen LogP contribution is 2.34. The molecule has 0 unspecified atom stereocenters. The summed E-state index contributed by atoms with van der Waals surface area (Å²) in [6.07, 6.45) is 3.65. The van der Waals surface area contributed by atoms with Gasteiger partial charge in [0, 0.05) is 22.5 Å². The van der Waals surface area contributed by atoms with Crippen molar-refractivity contribution in [1.29, 1.82) is 0 Å². The molecular weight excluding hydrogens is 376 g/mol. The van der Waals surface area contributed by atoms with Gasteiger partial charge in [-0.2, -0.15) is 5.10 Å². The first kappa shape index (κ1) is 18.0. The van der Waals surface area contributed by atoms with Crippen LogP contribution in [0.4, 0.5) is 5.69 Å². The molecule has 0 spiro atoms. The Hall–Kier alpha value is -4.06. The van der Waals surface area contributed by atoms with Crippen LogP contribution in [0.3, 0.4) is 0 Å². The first-order valence-electron chi connectivity index (χ1n) is 9.63. The lowest BCUT2D eigenvalue weighted by Gasteiger charge is -2.12. The molecular formula is C24H20N4O2. The lowest BCUT2D eigenvalue weighted by Crippen LogP contribution is -2.13. The zero-order chi connectivity index (χ0) is 20.7. The molecule has 1 amide bonds. The number of carbonyl (C=O) groups is 1. The van der Waals surface area contributed by atoms with Crippen LogP contribution in [-0.2, 0) is 0 Å². The smallest absolute Gasteiger partial charge is 0.259 e. The third-order valence-corrected chi connectivity index (χ3v) is 5.31. The summed E-state index contributed by atoms with van der Waals surface area (Å²) in [4.78, 5) is 16.3. The number of hydrogen-bond donors (Lipinski definition) is 3. The summed E-state index contributed by atoms with van der Waals surface area (Å²) in [5, 5.41) is 12.2. The van der Waals surface area contributed by atoms with Crippen molar-refractivity contribution in [2.45, 2.75) is 6.92 Å². The summed E-state index contributed by atoms with van der Waals surface area (Å²) < 4.78 is 5.41. The van der Waals surface area contributed by atoms with Crippen LogP contribution in [0.25, 0.3) is 32.9 Å². The van der Waals surface area contributed by atoms with E-state index in [0.717, 1.165) is 38.5 Å². The highest BCUT2D eigenvalue weighted by molar-refractivity contribution is 6.11. The van der Waals surface area contributed by atoms with Crippen LogP contribution >= 0.6 is 0 Å². The van der Waals surface area contributed by atoms with Gasteiger partial charge in [-0.3, -0.25) is 9.89 Å². The van der Waals surface area contributed by atoms with Crippen LogP contribution in [-0.4, -0.2) is 28.2 Å². The molecule has 0 aliphatic carbocycles. The Morgan fingerprint density at radius 3 is 2.80 bits per heavy atom. The van der Waals surface area contributed by atoms with Gasteiger partial charge in [0.1, 0.15) is 5.75 Å². The van der Waals surface area contributed by atoms with E-state index in [0.29, 0.717) is 17.0 Å². The fourth-order valence-electron chi connectivity index (χ4n) is 3.82. The quantitative estimate of drug-likeness (QED) is 0.386. The second kappa shape index (κ2) is 7.08. The molecule has 3 N–H and O–H groups in total. The van der Waals surface area contributed by atoms with E-state index in [1.54, 1.807) is 19.4 Å². The van der Waals surface area contributed by atoms with Gasteiger partial charge in [-0.15, -0.1) is 0 Å². The van der Waals surface area contributed by atoms with E-state index in [9.17, 15) is 4.79 Å². The molecule has 0 aliphatic heterocycles. The van der Waals surface area contributed by atoms with Crippen molar-refractivity contribution in [3.05, 3.63) is 78.1 Å². The predicted octanol–water partition coefficient (Wildman–Crippen LogP) is 5.28.